The van der Waals surface area contributed by atoms with E-state index in [1.807, 2.05) is 31.2 Å². The van der Waals surface area contributed by atoms with Gasteiger partial charge in [0.15, 0.2) is 17.6 Å². The quantitative estimate of drug-likeness (QED) is 0.281. The van der Waals surface area contributed by atoms with Crippen molar-refractivity contribution in [2.75, 3.05) is 17.7 Å². The summed E-state index contributed by atoms with van der Waals surface area (Å²) >= 11 is 7.06. The first-order valence-electron chi connectivity index (χ1n) is 11.2. The topological polar surface area (TPSA) is 98.1 Å². The summed E-state index contributed by atoms with van der Waals surface area (Å²) in [5.41, 5.74) is 2.33. The third-order valence-corrected chi connectivity index (χ3v) is 6.23. The van der Waals surface area contributed by atoms with Crippen molar-refractivity contribution in [2.45, 2.75) is 18.6 Å². The SMILES string of the molecule is Cc1cccc(-n2c(CNC(=O)COc3ccc(Cl)cc3)nnc2SCC(=O)Nc2ccc(F)cc2)c1. The van der Waals surface area contributed by atoms with Crippen molar-refractivity contribution in [1.29, 1.82) is 0 Å². The summed E-state index contributed by atoms with van der Waals surface area (Å²) in [5, 5.41) is 15.1. The Balaban J connectivity index is 1.41. The minimum absolute atomic E-state index is 0.0582. The highest BCUT2D eigenvalue weighted by Gasteiger charge is 2.17. The molecule has 190 valence electrons. The van der Waals surface area contributed by atoms with Crippen LogP contribution in [-0.4, -0.2) is 38.9 Å². The van der Waals surface area contributed by atoms with Crippen LogP contribution in [0.4, 0.5) is 10.1 Å². The smallest absolute Gasteiger partial charge is 0.258 e. The lowest BCUT2D eigenvalue weighted by atomic mass is 10.2. The van der Waals surface area contributed by atoms with E-state index in [1.54, 1.807) is 28.8 Å². The second-order valence-corrected chi connectivity index (χ2v) is 9.32. The van der Waals surface area contributed by atoms with Crippen LogP contribution in [0, 0.1) is 12.7 Å². The predicted octanol–water partition coefficient (Wildman–Crippen LogP) is 4.79. The van der Waals surface area contributed by atoms with Crippen LogP contribution in [0.1, 0.15) is 11.4 Å². The van der Waals surface area contributed by atoms with Crippen molar-refractivity contribution in [3.05, 3.63) is 95.0 Å². The number of nitrogens with zero attached hydrogens (tertiary/aromatic N) is 3. The number of carbonyl (C=O) groups is 2. The number of anilines is 1. The summed E-state index contributed by atoms with van der Waals surface area (Å²) < 4.78 is 20.4. The number of carbonyl (C=O) groups excluding carboxylic acids is 2. The number of aromatic nitrogens is 3. The summed E-state index contributed by atoms with van der Waals surface area (Å²) in [6.45, 7) is 1.89. The largest absolute Gasteiger partial charge is 0.484 e. The number of thioether (sulfide) groups is 1. The first kappa shape index (κ1) is 26.2. The van der Waals surface area contributed by atoms with Crippen molar-refractivity contribution in [3.63, 3.8) is 0 Å². The molecule has 0 bridgehead atoms. The van der Waals surface area contributed by atoms with Gasteiger partial charge in [-0.15, -0.1) is 10.2 Å². The van der Waals surface area contributed by atoms with Crippen molar-refractivity contribution in [3.8, 4) is 11.4 Å². The molecule has 0 fully saturated rings. The Morgan fingerprint density at radius 1 is 1.03 bits per heavy atom. The van der Waals surface area contributed by atoms with Crippen LogP contribution in [0.5, 0.6) is 5.75 Å². The number of nitrogens with one attached hydrogen (secondary N) is 2. The number of hydrogen-bond donors (Lipinski definition) is 2. The van der Waals surface area contributed by atoms with Crippen LogP contribution in [0.3, 0.4) is 0 Å². The van der Waals surface area contributed by atoms with Gasteiger partial charge in [-0.05, 0) is 73.2 Å². The molecule has 0 spiro atoms. The van der Waals surface area contributed by atoms with Gasteiger partial charge in [0.2, 0.25) is 5.91 Å². The highest BCUT2D eigenvalue weighted by atomic mass is 35.5. The molecule has 0 atom stereocenters. The number of benzene rings is 3. The fourth-order valence-electron chi connectivity index (χ4n) is 3.30. The normalized spacial score (nSPS) is 10.7. The van der Waals surface area contributed by atoms with Crippen LogP contribution in [-0.2, 0) is 16.1 Å². The molecular formula is C26H23ClFN5O3S. The maximum absolute atomic E-state index is 13.1. The highest BCUT2D eigenvalue weighted by molar-refractivity contribution is 7.99. The van der Waals surface area contributed by atoms with Crippen LogP contribution in [0.25, 0.3) is 5.69 Å². The molecule has 0 aliphatic heterocycles. The zero-order chi connectivity index (χ0) is 26.2. The molecule has 0 aliphatic rings. The van der Waals surface area contributed by atoms with Crippen LogP contribution < -0.4 is 15.4 Å². The molecule has 8 nitrogen and oxygen atoms in total. The van der Waals surface area contributed by atoms with Crippen molar-refractivity contribution in [1.82, 2.24) is 20.1 Å². The van der Waals surface area contributed by atoms with E-state index in [4.69, 9.17) is 16.3 Å². The van der Waals surface area contributed by atoms with Gasteiger partial charge in [0.1, 0.15) is 11.6 Å². The van der Waals surface area contributed by atoms with Gasteiger partial charge < -0.3 is 15.4 Å². The number of rotatable bonds is 10. The third kappa shape index (κ3) is 7.55. The lowest BCUT2D eigenvalue weighted by Crippen LogP contribution is -2.29. The average molecular weight is 540 g/mol. The number of aryl methyl sites for hydroxylation is 1. The molecule has 0 radical (unpaired) electrons. The molecule has 4 aromatic rings. The molecule has 2 amide bonds. The minimum Gasteiger partial charge on any atom is -0.484 e. The minimum atomic E-state index is -0.380. The van der Waals surface area contributed by atoms with Gasteiger partial charge in [-0.2, -0.15) is 0 Å². The summed E-state index contributed by atoms with van der Waals surface area (Å²) in [6, 6.07) is 20.0. The Morgan fingerprint density at radius 2 is 1.78 bits per heavy atom. The second kappa shape index (κ2) is 12.4. The summed E-state index contributed by atoms with van der Waals surface area (Å²) in [5.74, 6) is 0.0933. The van der Waals surface area contributed by atoms with E-state index < -0.39 is 0 Å². The zero-order valence-corrected chi connectivity index (χ0v) is 21.4. The van der Waals surface area contributed by atoms with E-state index in [2.05, 4.69) is 20.8 Å². The van der Waals surface area contributed by atoms with Gasteiger partial charge in [0.25, 0.3) is 5.91 Å². The molecule has 3 aromatic carbocycles. The first-order chi connectivity index (χ1) is 17.9. The molecule has 11 heteroatoms. The maximum atomic E-state index is 13.1. The Labute approximate surface area is 222 Å². The Morgan fingerprint density at radius 3 is 2.51 bits per heavy atom. The van der Waals surface area contributed by atoms with Gasteiger partial charge in [0, 0.05) is 16.4 Å². The van der Waals surface area contributed by atoms with Gasteiger partial charge in [0.05, 0.1) is 12.3 Å². The third-order valence-electron chi connectivity index (χ3n) is 5.05. The number of ether oxygens (including phenoxy) is 1. The molecule has 2 N–H and O–H groups in total. The predicted molar refractivity (Wildman–Crippen MR) is 141 cm³/mol. The molecule has 0 saturated carbocycles. The van der Waals surface area contributed by atoms with E-state index in [1.165, 1.54) is 36.0 Å². The average Bonchev–Trinajstić information content (AvgIpc) is 3.30. The van der Waals surface area contributed by atoms with Gasteiger partial charge in [-0.25, -0.2) is 4.39 Å². The lowest BCUT2D eigenvalue weighted by Gasteiger charge is -2.12. The lowest BCUT2D eigenvalue weighted by molar-refractivity contribution is -0.123. The molecule has 0 saturated heterocycles. The number of halogens is 2. The first-order valence-corrected chi connectivity index (χ1v) is 12.6. The molecular weight excluding hydrogens is 517 g/mol. The fourth-order valence-corrected chi connectivity index (χ4v) is 4.20. The van der Waals surface area contributed by atoms with Crippen molar-refractivity contribution >= 4 is 40.9 Å². The van der Waals surface area contributed by atoms with Gasteiger partial charge in [-0.3, -0.25) is 14.2 Å². The van der Waals surface area contributed by atoms with Crippen molar-refractivity contribution in [2.24, 2.45) is 0 Å². The summed E-state index contributed by atoms with van der Waals surface area (Å²) in [4.78, 5) is 24.8. The van der Waals surface area contributed by atoms with Crippen molar-refractivity contribution < 1.29 is 18.7 Å². The van der Waals surface area contributed by atoms with E-state index in [9.17, 15) is 14.0 Å². The zero-order valence-electron chi connectivity index (χ0n) is 19.8. The molecule has 4 rings (SSSR count). The molecule has 1 heterocycles. The molecule has 1 aromatic heterocycles. The Kier molecular flexibility index (Phi) is 8.76. The number of hydrogen-bond acceptors (Lipinski definition) is 6. The fraction of sp³-hybridized carbons (Fsp3) is 0.154. The van der Waals surface area contributed by atoms with Crippen LogP contribution in [0.15, 0.2) is 78.0 Å². The van der Waals surface area contributed by atoms with Gasteiger partial charge in [-0.1, -0.05) is 35.5 Å². The standard InChI is InChI=1S/C26H23ClFN5O3S/c1-17-3-2-4-21(13-17)33-23(14-29-24(34)15-36-22-11-5-18(27)6-12-22)31-32-26(33)37-16-25(35)30-20-9-7-19(28)8-10-20/h2-13H,14-16H2,1H3,(H,29,34)(H,30,35). The van der Waals surface area contributed by atoms with Crippen LogP contribution >= 0.6 is 23.4 Å². The van der Waals surface area contributed by atoms with E-state index in [0.717, 1.165) is 11.3 Å². The second-order valence-electron chi connectivity index (χ2n) is 7.94. The highest BCUT2D eigenvalue weighted by Crippen LogP contribution is 2.23. The van der Waals surface area contributed by atoms with Gasteiger partial charge >= 0.3 is 0 Å². The van der Waals surface area contributed by atoms with E-state index in [0.29, 0.717) is 27.4 Å². The molecule has 0 unspecified atom stereocenters. The summed E-state index contributed by atoms with van der Waals surface area (Å²) in [6.07, 6.45) is 0. The summed E-state index contributed by atoms with van der Waals surface area (Å²) in [7, 11) is 0. The molecule has 0 aliphatic carbocycles. The van der Waals surface area contributed by atoms with Crippen LogP contribution in [0.2, 0.25) is 5.02 Å². The Bertz CT molecular complexity index is 1380. The Hall–Kier alpha value is -3.89. The van der Waals surface area contributed by atoms with E-state index >= 15 is 0 Å². The maximum Gasteiger partial charge on any atom is 0.258 e. The number of amides is 2. The monoisotopic (exact) mass is 539 g/mol. The van der Waals surface area contributed by atoms with E-state index in [-0.39, 0.29) is 36.5 Å². The molecule has 37 heavy (non-hydrogen) atoms.